The molecule has 0 aliphatic rings. The fourth-order valence-corrected chi connectivity index (χ4v) is 1.92. The van der Waals surface area contributed by atoms with Crippen molar-refractivity contribution < 1.29 is 0 Å². The van der Waals surface area contributed by atoms with Crippen LogP contribution in [-0.2, 0) is 13.0 Å². The Morgan fingerprint density at radius 3 is 2.83 bits per heavy atom. The summed E-state index contributed by atoms with van der Waals surface area (Å²) in [6.07, 6.45) is 7.62. The van der Waals surface area contributed by atoms with Crippen molar-refractivity contribution in [3.05, 3.63) is 42.1 Å². The summed E-state index contributed by atoms with van der Waals surface area (Å²) in [6, 6.07) is 4.30. The van der Waals surface area contributed by atoms with Gasteiger partial charge in [0.1, 0.15) is 12.1 Å². The van der Waals surface area contributed by atoms with E-state index in [2.05, 4.69) is 41.3 Å². The van der Waals surface area contributed by atoms with Gasteiger partial charge in [0.2, 0.25) is 0 Å². The molecule has 0 atom stereocenters. The van der Waals surface area contributed by atoms with E-state index >= 15 is 0 Å². The first-order valence-corrected chi connectivity index (χ1v) is 6.52. The van der Waals surface area contributed by atoms with Crippen molar-refractivity contribution in [1.29, 1.82) is 0 Å². The molecule has 0 aliphatic carbocycles. The maximum atomic E-state index is 4.67. The normalized spacial score (nSPS) is 10.8. The van der Waals surface area contributed by atoms with Crippen LogP contribution in [0.3, 0.4) is 0 Å². The van der Waals surface area contributed by atoms with Crippen LogP contribution in [0.25, 0.3) is 5.82 Å². The van der Waals surface area contributed by atoms with E-state index in [9.17, 15) is 0 Å². The fraction of sp³-hybridized carbons (Fsp3) is 0.429. The first kappa shape index (κ1) is 12.8. The topological polar surface area (TPSA) is 42.7 Å². The molecular weight excluding hydrogens is 224 g/mol. The third-order valence-electron chi connectivity index (χ3n) is 2.78. The van der Waals surface area contributed by atoms with Gasteiger partial charge in [-0.15, -0.1) is 0 Å². The molecule has 0 bridgehead atoms. The van der Waals surface area contributed by atoms with Crippen LogP contribution in [0.2, 0.25) is 0 Å². The van der Waals surface area contributed by atoms with E-state index in [-0.39, 0.29) is 0 Å². The number of nitrogens with zero attached hydrogens (tertiary/aromatic N) is 3. The van der Waals surface area contributed by atoms with Gasteiger partial charge in [0, 0.05) is 24.6 Å². The molecule has 0 fully saturated rings. The quantitative estimate of drug-likeness (QED) is 0.848. The Labute approximate surface area is 108 Å². The van der Waals surface area contributed by atoms with Gasteiger partial charge in [-0.1, -0.05) is 20.3 Å². The molecule has 2 aromatic rings. The molecule has 2 aromatic heterocycles. The van der Waals surface area contributed by atoms with Crippen molar-refractivity contribution in [1.82, 2.24) is 19.9 Å². The van der Waals surface area contributed by atoms with Crippen molar-refractivity contribution >= 4 is 0 Å². The average molecular weight is 244 g/mol. The number of nitrogens with one attached hydrogen (secondary N) is 1. The summed E-state index contributed by atoms with van der Waals surface area (Å²) >= 11 is 0. The maximum Gasteiger partial charge on any atom is 0.138 e. The first-order valence-electron chi connectivity index (χ1n) is 6.52. The van der Waals surface area contributed by atoms with Gasteiger partial charge < -0.3 is 5.32 Å². The molecular formula is C14H20N4. The molecule has 0 saturated heterocycles. The summed E-state index contributed by atoms with van der Waals surface area (Å²) < 4.78 is 1.95. The molecule has 0 spiro atoms. The van der Waals surface area contributed by atoms with Crippen LogP contribution in [-0.4, -0.2) is 21.1 Å². The molecule has 0 aliphatic heterocycles. The zero-order chi connectivity index (χ0) is 12.8. The Morgan fingerprint density at radius 1 is 1.28 bits per heavy atom. The number of pyridine rings is 1. The second-order valence-electron chi connectivity index (χ2n) is 4.33. The zero-order valence-electron chi connectivity index (χ0n) is 11.1. The van der Waals surface area contributed by atoms with Crippen LogP contribution in [0.4, 0.5) is 0 Å². The maximum absolute atomic E-state index is 4.67. The molecule has 1 N–H and O–H groups in total. The lowest BCUT2D eigenvalue weighted by molar-refractivity contribution is 0.721. The van der Waals surface area contributed by atoms with Crippen molar-refractivity contribution in [2.75, 3.05) is 6.54 Å². The van der Waals surface area contributed by atoms with Crippen LogP contribution in [0.5, 0.6) is 0 Å². The first-order chi connectivity index (χ1) is 8.83. The molecule has 0 amide bonds. The van der Waals surface area contributed by atoms with Crippen molar-refractivity contribution in [2.24, 2.45) is 0 Å². The van der Waals surface area contributed by atoms with E-state index in [4.69, 9.17) is 0 Å². The number of rotatable bonds is 6. The van der Waals surface area contributed by atoms with Gasteiger partial charge in [-0.25, -0.2) is 9.97 Å². The van der Waals surface area contributed by atoms with Crippen LogP contribution in [0.15, 0.2) is 30.9 Å². The predicted octanol–water partition coefficient (Wildman–Crippen LogP) is 2.33. The highest BCUT2D eigenvalue weighted by molar-refractivity contribution is 5.31. The monoisotopic (exact) mass is 244 g/mol. The fourth-order valence-electron chi connectivity index (χ4n) is 1.92. The highest BCUT2D eigenvalue weighted by Crippen LogP contribution is 2.12. The smallest absolute Gasteiger partial charge is 0.138 e. The summed E-state index contributed by atoms with van der Waals surface area (Å²) in [5, 5.41) is 3.35. The minimum Gasteiger partial charge on any atom is -0.313 e. The largest absolute Gasteiger partial charge is 0.313 e. The molecule has 0 saturated carbocycles. The van der Waals surface area contributed by atoms with Crippen LogP contribution in [0.1, 0.15) is 31.5 Å². The minimum atomic E-state index is 0.886. The van der Waals surface area contributed by atoms with Crippen molar-refractivity contribution in [3.8, 4) is 5.82 Å². The zero-order valence-corrected chi connectivity index (χ0v) is 11.1. The molecule has 4 nitrogen and oxygen atoms in total. The summed E-state index contributed by atoms with van der Waals surface area (Å²) in [5.74, 6) is 0.950. The third kappa shape index (κ3) is 3.17. The molecule has 2 rings (SSSR count). The predicted molar refractivity (Wildman–Crippen MR) is 72.7 cm³/mol. The molecule has 0 radical (unpaired) electrons. The molecule has 96 valence electrons. The van der Waals surface area contributed by atoms with E-state index in [1.54, 1.807) is 12.5 Å². The third-order valence-corrected chi connectivity index (χ3v) is 2.78. The van der Waals surface area contributed by atoms with Gasteiger partial charge in [0.25, 0.3) is 0 Å². The Bertz CT molecular complexity index is 477. The summed E-state index contributed by atoms with van der Waals surface area (Å²) in [6.45, 7) is 6.16. The van der Waals surface area contributed by atoms with E-state index in [1.807, 2.05) is 10.8 Å². The van der Waals surface area contributed by atoms with E-state index in [1.165, 1.54) is 5.56 Å². The number of hydrogen-bond acceptors (Lipinski definition) is 3. The Morgan fingerprint density at radius 2 is 2.17 bits per heavy atom. The van der Waals surface area contributed by atoms with Gasteiger partial charge in [-0.3, -0.25) is 4.57 Å². The molecule has 2 heterocycles. The van der Waals surface area contributed by atoms with Crippen LogP contribution >= 0.6 is 0 Å². The number of aryl methyl sites for hydroxylation is 1. The lowest BCUT2D eigenvalue weighted by Crippen LogP contribution is -2.13. The average Bonchev–Trinajstić information content (AvgIpc) is 2.90. The molecule has 0 aromatic carbocycles. The molecule has 18 heavy (non-hydrogen) atoms. The summed E-state index contributed by atoms with van der Waals surface area (Å²) in [7, 11) is 0. The standard InChI is InChI=1S/C14H20N4/c1-3-5-13-8-12(10-15-4-2)9-14(17-13)18-7-6-16-11-18/h6-9,11,15H,3-5,10H2,1-2H3. The minimum absolute atomic E-state index is 0.886. The number of hydrogen-bond donors (Lipinski definition) is 1. The summed E-state index contributed by atoms with van der Waals surface area (Å²) in [4.78, 5) is 8.74. The van der Waals surface area contributed by atoms with Crippen molar-refractivity contribution in [3.63, 3.8) is 0 Å². The second-order valence-corrected chi connectivity index (χ2v) is 4.33. The van der Waals surface area contributed by atoms with Crippen molar-refractivity contribution in [2.45, 2.75) is 33.2 Å². The lowest BCUT2D eigenvalue weighted by Gasteiger charge is -2.09. The molecule has 0 unspecified atom stereocenters. The Kier molecular flexibility index (Phi) is 4.47. The number of imidazole rings is 1. The molecule has 4 heteroatoms. The van der Waals surface area contributed by atoms with E-state index in [0.717, 1.165) is 37.4 Å². The SMILES string of the molecule is CCCc1cc(CNCC)cc(-n2ccnc2)n1. The van der Waals surface area contributed by atoms with Gasteiger partial charge in [-0.05, 0) is 30.7 Å². The second kappa shape index (κ2) is 6.31. The lowest BCUT2D eigenvalue weighted by atomic mass is 10.1. The van der Waals surface area contributed by atoms with Gasteiger partial charge in [0.15, 0.2) is 0 Å². The van der Waals surface area contributed by atoms with Crippen LogP contribution in [0, 0.1) is 0 Å². The highest BCUT2D eigenvalue weighted by Gasteiger charge is 2.04. The van der Waals surface area contributed by atoms with Gasteiger partial charge in [-0.2, -0.15) is 0 Å². The van der Waals surface area contributed by atoms with Crippen LogP contribution < -0.4 is 5.32 Å². The summed E-state index contributed by atoms with van der Waals surface area (Å²) in [5.41, 5.74) is 2.43. The van der Waals surface area contributed by atoms with E-state index < -0.39 is 0 Å². The number of aromatic nitrogens is 3. The van der Waals surface area contributed by atoms with E-state index in [0.29, 0.717) is 0 Å². The Hall–Kier alpha value is -1.68. The highest BCUT2D eigenvalue weighted by atomic mass is 15.1. The van der Waals surface area contributed by atoms with Gasteiger partial charge >= 0.3 is 0 Å². The van der Waals surface area contributed by atoms with Gasteiger partial charge in [0.05, 0.1) is 0 Å². The Balaban J connectivity index is 2.30.